The Morgan fingerprint density at radius 2 is 2.00 bits per heavy atom. The third-order valence-corrected chi connectivity index (χ3v) is 2.97. The van der Waals surface area contributed by atoms with E-state index in [1.807, 2.05) is 13.1 Å². The summed E-state index contributed by atoms with van der Waals surface area (Å²) in [6.45, 7) is 6.64. The van der Waals surface area contributed by atoms with Crippen LogP contribution in [0, 0.1) is 11.2 Å². The molecule has 0 aromatic heterocycles. The van der Waals surface area contributed by atoms with Crippen LogP contribution in [0.1, 0.15) is 32.8 Å². The van der Waals surface area contributed by atoms with Crippen LogP contribution >= 0.6 is 0 Å². The van der Waals surface area contributed by atoms with Gasteiger partial charge in [-0.1, -0.05) is 26.8 Å². The van der Waals surface area contributed by atoms with Gasteiger partial charge in [0, 0.05) is 6.04 Å². The molecule has 0 heterocycles. The first-order valence-corrected chi connectivity index (χ1v) is 6.35. The van der Waals surface area contributed by atoms with E-state index in [1.54, 1.807) is 12.1 Å². The fourth-order valence-corrected chi connectivity index (χ4v) is 2.14. The van der Waals surface area contributed by atoms with Gasteiger partial charge >= 0.3 is 0 Å². The number of nitrogens with one attached hydrogen (secondary N) is 1. The van der Waals surface area contributed by atoms with Crippen molar-refractivity contribution in [2.75, 3.05) is 14.2 Å². The van der Waals surface area contributed by atoms with Crippen molar-refractivity contribution < 1.29 is 9.13 Å². The Labute approximate surface area is 110 Å². The van der Waals surface area contributed by atoms with Crippen molar-refractivity contribution in [2.45, 2.75) is 39.7 Å². The number of ether oxygens (including phenoxy) is 1. The molecule has 0 aliphatic rings. The van der Waals surface area contributed by atoms with Gasteiger partial charge in [-0.05, 0) is 43.0 Å². The van der Waals surface area contributed by atoms with Crippen molar-refractivity contribution in [3.05, 3.63) is 29.6 Å². The second-order valence-corrected chi connectivity index (χ2v) is 5.92. The minimum atomic E-state index is -0.291. The molecule has 0 aliphatic carbocycles. The molecule has 102 valence electrons. The zero-order valence-electron chi connectivity index (χ0n) is 12.0. The van der Waals surface area contributed by atoms with Gasteiger partial charge in [0.2, 0.25) is 0 Å². The monoisotopic (exact) mass is 253 g/mol. The molecule has 1 aromatic carbocycles. The summed E-state index contributed by atoms with van der Waals surface area (Å²) in [7, 11) is 3.43. The zero-order valence-corrected chi connectivity index (χ0v) is 12.0. The number of rotatable bonds is 5. The summed E-state index contributed by atoms with van der Waals surface area (Å²) in [6.07, 6.45) is 1.88. The van der Waals surface area contributed by atoms with Crippen LogP contribution in [0.3, 0.4) is 0 Å². The number of likely N-dealkylation sites (N-methyl/N-ethyl adjacent to an activating group) is 1. The lowest BCUT2D eigenvalue weighted by Crippen LogP contribution is -2.32. The van der Waals surface area contributed by atoms with E-state index in [4.69, 9.17) is 4.74 Å². The number of halogens is 1. The normalized spacial score (nSPS) is 13.4. The van der Waals surface area contributed by atoms with Crippen molar-refractivity contribution >= 4 is 0 Å². The maximum atomic E-state index is 13.6. The van der Waals surface area contributed by atoms with Crippen LogP contribution in [-0.4, -0.2) is 20.2 Å². The largest absolute Gasteiger partial charge is 0.494 e. The van der Waals surface area contributed by atoms with Crippen LogP contribution in [0.5, 0.6) is 5.75 Å². The molecule has 1 N–H and O–H groups in total. The summed E-state index contributed by atoms with van der Waals surface area (Å²) >= 11 is 0. The number of benzene rings is 1. The summed E-state index contributed by atoms with van der Waals surface area (Å²) in [6, 6.07) is 5.53. The van der Waals surface area contributed by atoms with Gasteiger partial charge in [0.05, 0.1) is 7.11 Å². The molecule has 1 unspecified atom stereocenters. The molecule has 0 bridgehead atoms. The second-order valence-electron chi connectivity index (χ2n) is 5.92. The summed E-state index contributed by atoms with van der Waals surface area (Å²) < 4.78 is 18.5. The van der Waals surface area contributed by atoms with Gasteiger partial charge in [0.15, 0.2) is 11.6 Å². The first-order valence-electron chi connectivity index (χ1n) is 6.35. The maximum absolute atomic E-state index is 13.6. The predicted octanol–water partition coefficient (Wildman–Crippen LogP) is 3.40. The fraction of sp³-hybridized carbons (Fsp3) is 0.600. The number of hydrogen-bond donors (Lipinski definition) is 1. The van der Waals surface area contributed by atoms with E-state index < -0.39 is 0 Å². The van der Waals surface area contributed by atoms with Crippen molar-refractivity contribution in [3.8, 4) is 5.75 Å². The lowest BCUT2D eigenvalue weighted by molar-refractivity contribution is 0.315. The quantitative estimate of drug-likeness (QED) is 0.868. The highest BCUT2D eigenvalue weighted by molar-refractivity contribution is 5.29. The van der Waals surface area contributed by atoms with E-state index in [0.29, 0.717) is 11.8 Å². The highest BCUT2D eigenvalue weighted by atomic mass is 19.1. The Hall–Kier alpha value is -1.09. The Balaban J connectivity index is 2.73. The molecule has 0 aliphatic heterocycles. The molecule has 0 saturated heterocycles. The predicted molar refractivity (Wildman–Crippen MR) is 73.6 cm³/mol. The molecule has 1 rings (SSSR count). The highest BCUT2D eigenvalue weighted by Gasteiger charge is 2.18. The van der Waals surface area contributed by atoms with Crippen LogP contribution in [-0.2, 0) is 6.42 Å². The van der Waals surface area contributed by atoms with Crippen LogP contribution in [0.2, 0.25) is 0 Å². The molecule has 0 fully saturated rings. The average Bonchev–Trinajstić information content (AvgIpc) is 2.26. The van der Waals surface area contributed by atoms with Gasteiger partial charge in [-0.15, -0.1) is 0 Å². The Kier molecular flexibility index (Phi) is 5.15. The Morgan fingerprint density at radius 1 is 1.33 bits per heavy atom. The van der Waals surface area contributed by atoms with E-state index in [1.165, 1.54) is 7.11 Å². The van der Waals surface area contributed by atoms with E-state index in [0.717, 1.165) is 18.4 Å². The van der Waals surface area contributed by atoms with Crippen LogP contribution in [0.15, 0.2) is 18.2 Å². The van der Waals surface area contributed by atoms with Crippen molar-refractivity contribution in [2.24, 2.45) is 5.41 Å². The van der Waals surface area contributed by atoms with Gasteiger partial charge in [0.25, 0.3) is 0 Å². The summed E-state index contributed by atoms with van der Waals surface area (Å²) in [5.41, 5.74) is 1.26. The Morgan fingerprint density at radius 3 is 2.44 bits per heavy atom. The second kappa shape index (κ2) is 6.19. The molecule has 2 nitrogen and oxygen atoms in total. The first kappa shape index (κ1) is 15.0. The lowest BCUT2D eigenvalue weighted by atomic mass is 9.86. The van der Waals surface area contributed by atoms with E-state index in [9.17, 15) is 4.39 Å². The topological polar surface area (TPSA) is 21.3 Å². The van der Waals surface area contributed by atoms with Gasteiger partial charge in [-0.2, -0.15) is 0 Å². The SMILES string of the molecule is CNC(Cc1ccc(OC)c(F)c1)CC(C)(C)C. The van der Waals surface area contributed by atoms with E-state index in [-0.39, 0.29) is 11.2 Å². The molecule has 0 saturated carbocycles. The summed E-state index contributed by atoms with van der Waals surface area (Å²) in [5.74, 6) is 0.0104. The molecule has 1 atom stereocenters. The Bertz CT molecular complexity index is 385. The molecular weight excluding hydrogens is 229 g/mol. The number of methoxy groups -OCH3 is 1. The fourth-order valence-electron chi connectivity index (χ4n) is 2.14. The molecule has 1 aromatic rings. The first-order chi connectivity index (χ1) is 8.35. The highest BCUT2D eigenvalue weighted by Crippen LogP contribution is 2.24. The van der Waals surface area contributed by atoms with Crippen molar-refractivity contribution in [3.63, 3.8) is 0 Å². The maximum Gasteiger partial charge on any atom is 0.165 e. The third-order valence-electron chi connectivity index (χ3n) is 2.97. The summed E-state index contributed by atoms with van der Waals surface area (Å²) in [4.78, 5) is 0. The molecule has 3 heteroatoms. The number of hydrogen-bond acceptors (Lipinski definition) is 2. The minimum absolute atomic E-state index is 0.263. The molecule has 0 radical (unpaired) electrons. The van der Waals surface area contributed by atoms with Gasteiger partial charge in [-0.25, -0.2) is 4.39 Å². The van der Waals surface area contributed by atoms with Crippen molar-refractivity contribution in [1.29, 1.82) is 0 Å². The average molecular weight is 253 g/mol. The van der Waals surface area contributed by atoms with Gasteiger partial charge in [0.1, 0.15) is 0 Å². The van der Waals surface area contributed by atoms with Crippen molar-refractivity contribution in [1.82, 2.24) is 5.32 Å². The van der Waals surface area contributed by atoms with Crippen LogP contribution in [0.4, 0.5) is 4.39 Å². The van der Waals surface area contributed by atoms with E-state index >= 15 is 0 Å². The smallest absolute Gasteiger partial charge is 0.165 e. The third kappa shape index (κ3) is 4.65. The van der Waals surface area contributed by atoms with Gasteiger partial charge in [-0.3, -0.25) is 0 Å². The van der Waals surface area contributed by atoms with E-state index in [2.05, 4.69) is 26.1 Å². The zero-order chi connectivity index (χ0) is 13.8. The summed E-state index contributed by atoms with van der Waals surface area (Å²) in [5, 5.41) is 3.30. The van der Waals surface area contributed by atoms with Crippen LogP contribution in [0.25, 0.3) is 0 Å². The molecule has 18 heavy (non-hydrogen) atoms. The standard InChI is InChI=1S/C15H24FNO/c1-15(2,3)10-12(17-4)8-11-6-7-14(18-5)13(16)9-11/h6-7,9,12,17H,8,10H2,1-5H3. The minimum Gasteiger partial charge on any atom is -0.494 e. The molecular formula is C15H24FNO. The van der Waals surface area contributed by atoms with Crippen LogP contribution < -0.4 is 10.1 Å². The molecule has 0 spiro atoms. The van der Waals surface area contributed by atoms with Gasteiger partial charge < -0.3 is 10.1 Å². The molecule has 0 amide bonds. The lowest BCUT2D eigenvalue weighted by Gasteiger charge is -2.25.